The van der Waals surface area contributed by atoms with Gasteiger partial charge in [0.25, 0.3) is 0 Å². The number of unbranched alkanes of at least 4 members (excludes halogenated alkanes) is 1. The van der Waals surface area contributed by atoms with Gasteiger partial charge in [-0.25, -0.2) is 0 Å². The summed E-state index contributed by atoms with van der Waals surface area (Å²) in [6, 6.07) is 19.8. The van der Waals surface area contributed by atoms with Gasteiger partial charge in [0.2, 0.25) is 0 Å². The smallest absolute Gasteiger partial charge is 0.130 e. The molecule has 3 aromatic rings. The first kappa shape index (κ1) is 25.1. The summed E-state index contributed by atoms with van der Waals surface area (Å²) in [7, 11) is 0. The first-order chi connectivity index (χ1) is 17.6. The zero-order valence-electron chi connectivity index (χ0n) is 20.6. The highest BCUT2D eigenvalue weighted by Gasteiger charge is 2.25. The molecule has 2 aliphatic rings. The standard InChI is InChI=1S/C30H32Cl2N2O2/c1-2-3-5-20-14-22-16-27(35-25-10-12-33-13-11-25)8-9-29(22)34-30(20)21-6-4-7-26(15-21)36-28-18-23(31)17-24(32)19-28/h4,6-9,15-20,25,33H,2-3,5,10-14H2,1H3. The first-order valence-corrected chi connectivity index (χ1v) is 13.7. The summed E-state index contributed by atoms with van der Waals surface area (Å²) in [4.78, 5) is 5.17. The van der Waals surface area contributed by atoms with Crippen molar-refractivity contribution in [1.82, 2.24) is 5.32 Å². The van der Waals surface area contributed by atoms with Gasteiger partial charge in [-0.2, -0.15) is 0 Å². The van der Waals surface area contributed by atoms with Crippen LogP contribution in [0.1, 0.15) is 50.2 Å². The Labute approximate surface area is 223 Å². The summed E-state index contributed by atoms with van der Waals surface area (Å²) in [5.74, 6) is 2.66. The molecule has 3 aromatic carbocycles. The number of piperidine rings is 1. The van der Waals surface area contributed by atoms with Crippen molar-refractivity contribution in [2.75, 3.05) is 13.1 Å². The number of halogens is 2. The molecule has 1 fully saturated rings. The van der Waals surface area contributed by atoms with Gasteiger partial charge in [0.05, 0.1) is 11.4 Å². The number of hydrogen-bond acceptors (Lipinski definition) is 4. The second-order valence-corrected chi connectivity index (χ2v) is 10.5. The Morgan fingerprint density at radius 1 is 0.917 bits per heavy atom. The summed E-state index contributed by atoms with van der Waals surface area (Å²) in [5.41, 5.74) is 4.51. The summed E-state index contributed by atoms with van der Waals surface area (Å²) in [6.07, 6.45) is 6.79. The Hall–Kier alpha value is -2.53. The maximum Gasteiger partial charge on any atom is 0.130 e. The van der Waals surface area contributed by atoms with E-state index in [1.807, 2.05) is 12.1 Å². The van der Waals surface area contributed by atoms with Gasteiger partial charge in [0.15, 0.2) is 0 Å². The molecule has 36 heavy (non-hydrogen) atoms. The molecular formula is C30H32Cl2N2O2. The monoisotopic (exact) mass is 522 g/mol. The average Bonchev–Trinajstić information content (AvgIpc) is 2.87. The fourth-order valence-corrected chi connectivity index (χ4v) is 5.53. The molecule has 0 spiro atoms. The molecule has 0 saturated carbocycles. The van der Waals surface area contributed by atoms with Crippen molar-refractivity contribution >= 4 is 34.6 Å². The van der Waals surface area contributed by atoms with Crippen molar-refractivity contribution in [3.8, 4) is 17.2 Å². The molecule has 0 aliphatic carbocycles. The topological polar surface area (TPSA) is 42.8 Å². The third kappa shape index (κ3) is 6.23. The molecule has 5 rings (SSSR count). The van der Waals surface area contributed by atoms with Gasteiger partial charge in [-0.15, -0.1) is 0 Å². The lowest BCUT2D eigenvalue weighted by atomic mass is 9.84. The van der Waals surface area contributed by atoms with E-state index in [4.69, 9.17) is 37.7 Å². The SMILES string of the molecule is CCCCC1Cc2cc(OC3CCNCC3)ccc2N=C1c1cccc(Oc2cc(Cl)cc(Cl)c2)c1. The molecule has 2 aliphatic heterocycles. The summed E-state index contributed by atoms with van der Waals surface area (Å²) in [6.45, 7) is 4.29. The van der Waals surface area contributed by atoms with Crippen molar-refractivity contribution in [2.24, 2.45) is 10.9 Å². The van der Waals surface area contributed by atoms with Gasteiger partial charge in [-0.1, -0.05) is 55.1 Å². The van der Waals surface area contributed by atoms with E-state index in [1.54, 1.807) is 18.2 Å². The van der Waals surface area contributed by atoms with Crippen molar-refractivity contribution in [2.45, 2.75) is 51.6 Å². The van der Waals surface area contributed by atoms with Crippen LogP contribution in [0.4, 0.5) is 5.69 Å². The number of hydrogen-bond donors (Lipinski definition) is 1. The zero-order chi connectivity index (χ0) is 24.9. The van der Waals surface area contributed by atoms with Crippen LogP contribution >= 0.6 is 23.2 Å². The molecule has 1 atom stereocenters. The highest BCUT2D eigenvalue weighted by atomic mass is 35.5. The number of benzene rings is 3. The van der Waals surface area contributed by atoms with Gasteiger partial charge in [-0.05, 0) is 98.4 Å². The number of aliphatic imine (C=N–C) groups is 1. The number of ether oxygens (including phenoxy) is 2. The van der Waals surface area contributed by atoms with Crippen LogP contribution in [0.25, 0.3) is 0 Å². The molecule has 188 valence electrons. The lowest BCUT2D eigenvalue weighted by Gasteiger charge is -2.27. The van der Waals surface area contributed by atoms with E-state index in [2.05, 4.69) is 42.6 Å². The molecule has 1 N–H and O–H groups in total. The Balaban J connectivity index is 1.41. The number of fused-ring (bicyclic) bond motifs is 1. The normalized spacial score (nSPS) is 17.9. The summed E-state index contributed by atoms with van der Waals surface area (Å²) >= 11 is 12.3. The fourth-order valence-electron chi connectivity index (χ4n) is 5.03. The van der Waals surface area contributed by atoms with Crippen LogP contribution in [-0.4, -0.2) is 24.9 Å². The molecule has 0 bridgehead atoms. The van der Waals surface area contributed by atoms with E-state index in [1.165, 1.54) is 12.0 Å². The highest BCUT2D eigenvalue weighted by Crippen LogP contribution is 2.37. The predicted octanol–water partition coefficient (Wildman–Crippen LogP) is 8.40. The summed E-state index contributed by atoms with van der Waals surface area (Å²) in [5, 5.41) is 4.49. The zero-order valence-corrected chi connectivity index (χ0v) is 22.1. The molecule has 4 nitrogen and oxygen atoms in total. The predicted molar refractivity (Wildman–Crippen MR) is 149 cm³/mol. The number of nitrogens with one attached hydrogen (secondary N) is 1. The van der Waals surface area contributed by atoms with Crippen molar-refractivity contribution in [3.63, 3.8) is 0 Å². The van der Waals surface area contributed by atoms with Crippen LogP contribution in [0.15, 0.2) is 65.7 Å². The maximum absolute atomic E-state index is 6.31. The Bertz CT molecular complexity index is 1220. The second kappa shape index (κ2) is 11.7. The van der Waals surface area contributed by atoms with Gasteiger partial charge < -0.3 is 14.8 Å². The molecule has 0 amide bonds. The Morgan fingerprint density at radius 3 is 2.50 bits per heavy atom. The average molecular weight is 524 g/mol. The number of nitrogens with zero attached hydrogens (tertiary/aromatic N) is 1. The van der Waals surface area contributed by atoms with Crippen LogP contribution in [0, 0.1) is 5.92 Å². The minimum Gasteiger partial charge on any atom is -0.490 e. The third-order valence-corrected chi connectivity index (χ3v) is 7.28. The van der Waals surface area contributed by atoms with Crippen LogP contribution < -0.4 is 14.8 Å². The minimum atomic E-state index is 0.292. The highest BCUT2D eigenvalue weighted by molar-refractivity contribution is 6.34. The van der Waals surface area contributed by atoms with Crippen molar-refractivity contribution in [3.05, 3.63) is 81.8 Å². The van der Waals surface area contributed by atoms with Crippen LogP contribution in [-0.2, 0) is 6.42 Å². The largest absolute Gasteiger partial charge is 0.490 e. The van der Waals surface area contributed by atoms with E-state index >= 15 is 0 Å². The van der Waals surface area contributed by atoms with Crippen molar-refractivity contribution < 1.29 is 9.47 Å². The summed E-state index contributed by atoms with van der Waals surface area (Å²) < 4.78 is 12.4. The van der Waals surface area contributed by atoms with Crippen LogP contribution in [0.2, 0.25) is 10.0 Å². The Kier molecular flexibility index (Phi) is 8.15. The lowest BCUT2D eigenvalue weighted by molar-refractivity contribution is 0.162. The molecular weight excluding hydrogens is 491 g/mol. The maximum atomic E-state index is 6.31. The molecule has 0 aromatic heterocycles. The van der Waals surface area contributed by atoms with Crippen LogP contribution in [0.5, 0.6) is 17.2 Å². The molecule has 1 saturated heterocycles. The van der Waals surface area contributed by atoms with E-state index in [-0.39, 0.29) is 0 Å². The van der Waals surface area contributed by atoms with Gasteiger partial charge >= 0.3 is 0 Å². The van der Waals surface area contributed by atoms with Crippen molar-refractivity contribution in [1.29, 1.82) is 0 Å². The quantitative estimate of drug-likeness (QED) is 0.322. The van der Waals surface area contributed by atoms with E-state index in [0.29, 0.717) is 27.8 Å². The van der Waals surface area contributed by atoms with Gasteiger partial charge in [-0.3, -0.25) is 4.99 Å². The van der Waals surface area contributed by atoms with E-state index < -0.39 is 0 Å². The fraction of sp³-hybridized carbons (Fsp3) is 0.367. The minimum absolute atomic E-state index is 0.292. The van der Waals surface area contributed by atoms with Crippen LogP contribution in [0.3, 0.4) is 0 Å². The molecule has 6 heteroatoms. The van der Waals surface area contributed by atoms with Gasteiger partial charge in [0.1, 0.15) is 23.4 Å². The molecule has 0 radical (unpaired) electrons. The Morgan fingerprint density at radius 2 is 1.72 bits per heavy atom. The molecule has 1 unspecified atom stereocenters. The van der Waals surface area contributed by atoms with E-state index in [9.17, 15) is 0 Å². The van der Waals surface area contributed by atoms with E-state index in [0.717, 1.165) is 73.7 Å². The van der Waals surface area contributed by atoms with Gasteiger partial charge in [0, 0.05) is 16.0 Å². The molecule has 2 heterocycles. The number of rotatable bonds is 8. The second-order valence-electron chi connectivity index (χ2n) is 9.63. The third-order valence-electron chi connectivity index (χ3n) is 6.84. The first-order valence-electron chi connectivity index (χ1n) is 12.9. The lowest BCUT2D eigenvalue weighted by Crippen LogP contribution is -2.34.